The Bertz CT molecular complexity index is 1480. The molecule has 62 heavy (non-hydrogen) atoms. The van der Waals surface area contributed by atoms with E-state index in [4.69, 9.17) is 23.7 Å². The van der Waals surface area contributed by atoms with Crippen LogP contribution in [0, 0.1) is 5.92 Å². The molecule has 11 nitrogen and oxygen atoms in total. The van der Waals surface area contributed by atoms with Crippen LogP contribution < -0.4 is 14.8 Å². The summed E-state index contributed by atoms with van der Waals surface area (Å²) < 4.78 is 28.0. The molecule has 0 aromatic heterocycles. The predicted molar refractivity (Wildman–Crippen MR) is 244 cm³/mol. The fourth-order valence-corrected chi connectivity index (χ4v) is 8.27. The van der Waals surface area contributed by atoms with Crippen molar-refractivity contribution >= 4 is 17.8 Å². The van der Waals surface area contributed by atoms with Crippen LogP contribution in [-0.4, -0.2) is 79.5 Å². The molecule has 1 aliphatic heterocycles. The predicted octanol–water partition coefficient (Wildman–Crippen LogP) is 10.1. The second-order valence-electron chi connectivity index (χ2n) is 17.3. The van der Waals surface area contributed by atoms with E-state index in [2.05, 4.69) is 36.5 Å². The monoisotopic (exact) mass is 868 g/mol. The van der Waals surface area contributed by atoms with Gasteiger partial charge in [0.25, 0.3) is 0 Å². The molecule has 11 heteroatoms. The number of esters is 2. The van der Waals surface area contributed by atoms with Gasteiger partial charge in [0, 0.05) is 18.8 Å². The molecule has 1 saturated heterocycles. The SMILES string of the molecule is CCCCCCCCCCC[C@@H](CC(=O)N[C@H]1C(O)O[C@H](CO)[C@@H](C)[C@@H]1OC(=O)CCCCCCCc1ccc(OC)cc1)OC(=O)CCCCCCCc1ccc(OC)cc1. The van der Waals surface area contributed by atoms with Gasteiger partial charge in [-0.3, -0.25) is 14.4 Å². The fourth-order valence-electron chi connectivity index (χ4n) is 8.27. The summed E-state index contributed by atoms with van der Waals surface area (Å²) in [4.78, 5) is 39.8. The highest BCUT2D eigenvalue weighted by molar-refractivity contribution is 5.78. The number of nitrogens with one attached hydrogen (secondary N) is 1. The molecule has 350 valence electrons. The minimum atomic E-state index is -1.50. The van der Waals surface area contributed by atoms with Crippen molar-refractivity contribution in [3.8, 4) is 11.5 Å². The first kappa shape index (κ1) is 52.7. The van der Waals surface area contributed by atoms with Crippen LogP contribution in [0.25, 0.3) is 0 Å². The molecule has 0 aliphatic carbocycles. The first-order valence-electron chi connectivity index (χ1n) is 24.1. The third-order valence-corrected chi connectivity index (χ3v) is 12.2. The number of ether oxygens (including phenoxy) is 5. The molecular weight excluding hydrogens is 787 g/mol. The first-order chi connectivity index (χ1) is 30.2. The van der Waals surface area contributed by atoms with Crippen molar-refractivity contribution < 1.29 is 48.3 Å². The molecule has 2 aromatic carbocycles. The van der Waals surface area contributed by atoms with Crippen molar-refractivity contribution in [3.63, 3.8) is 0 Å². The van der Waals surface area contributed by atoms with Crippen LogP contribution in [0.15, 0.2) is 48.5 Å². The number of rotatable bonds is 34. The normalized spacial score (nSPS) is 19.1. The van der Waals surface area contributed by atoms with Gasteiger partial charge in [-0.1, -0.05) is 128 Å². The molecule has 1 fully saturated rings. The summed E-state index contributed by atoms with van der Waals surface area (Å²) in [5.41, 5.74) is 2.56. The van der Waals surface area contributed by atoms with Gasteiger partial charge in [0.05, 0.1) is 33.4 Å². The summed E-state index contributed by atoms with van der Waals surface area (Å²) in [6, 6.07) is 15.2. The number of hydrogen-bond acceptors (Lipinski definition) is 10. The molecule has 3 rings (SSSR count). The largest absolute Gasteiger partial charge is 0.497 e. The minimum absolute atomic E-state index is 0.0751. The Kier molecular flexibility index (Phi) is 27.2. The summed E-state index contributed by atoms with van der Waals surface area (Å²) in [5.74, 6) is 0.0727. The number of unbranched alkanes of at least 4 members (excludes halogenated alkanes) is 16. The average Bonchev–Trinajstić information content (AvgIpc) is 3.27. The zero-order valence-electron chi connectivity index (χ0n) is 38.6. The molecule has 1 heterocycles. The van der Waals surface area contributed by atoms with Gasteiger partial charge in [0.1, 0.15) is 29.7 Å². The summed E-state index contributed by atoms with van der Waals surface area (Å²) >= 11 is 0. The van der Waals surface area contributed by atoms with E-state index in [-0.39, 0.29) is 25.4 Å². The zero-order chi connectivity index (χ0) is 44.8. The Morgan fingerprint density at radius 2 is 1.13 bits per heavy atom. The standard InChI is InChI=1S/C51H81NO10/c1-5-6-7-8-9-10-11-16-21-26-44(60-47(55)27-22-17-12-14-19-24-40-29-33-42(58-3)34-30-40)37-46(54)52-49-50(39(2)45(38-53)61-51(49)57)62-48(56)28-23-18-13-15-20-25-41-31-35-43(59-4)36-32-41/h29-36,39,44-45,49-51,53,57H,5-28,37-38H2,1-4H3,(H,52,54)/t39-,44+,45-,49-,50+,51?/m1/s1. The summed E-state index contributed by atoms with van der Waals surface area (Å²) in [6.45, 7) is 3.63. The summed E-state index contributed by atoms with van der Waals surface area (Å²) in [5, 5.41) is 23.9. The number of methoxy groups -OCH3 is 2. The lowest BCUT2D eigenvalue weighted by molar-refractivity contribution is -0.241. The molecule has 0 spiro atoms. The number of carbonyl (C=O) groups is 3. The van der Waals surface area contributed by atoms with Crippen LogP contribution >= 0.6 is 0 Å². The Morgan fingerprint density at radius 3 is 1.63 bits per heavy atom. The van der Waals surface area contributed by atoms with E-state index in [0.29, 0.717) is 19.3 Å². The highest BCUT2D eigenvalue weighted by Gasteiger charge is 2.46. The number of carbonyl (C=O) groups excluding carboxylic acids is 3. The lowest BCUT2D eigenvalue weighted by atomic mass is 9.89. The van der Waals surface area contributed by atoms with Gasteiger partial charge >= 0.3 is 11.9 Å². The topological polar surface area (TPSA) is 150 Å². The Balaban J connectivity index is 1.47. The van der Waals surface area contributed by atoms with E-state index in [1.807, 2.05) is 24.3 Å². The van der Waals surface area contributed by atoms with E-state index in [9.17, 15) is 24.6 Å². The Labute approximate surface area is 373 Å². The van der Waals surface area contributed by atoms with E-state index in [1.54, 1.807) is 21.1 Å². The molecule has 1 amide bonds. The van der Waals surface area contributed by atoms with Crippen molar-refractivity contribution in [2.24, 2.45) is 5.92 Å². The zero-order valence-corrected chi connectivity index (χ0v) is 38.6. The lowest BCUT2D eigenvalue weighted by Gasteiger charge is -2.43. The number of benzene rings is 2. The highest BCUT2D eigenvalue weighted by Crippen LogP contribution is 2.29. The van der Waals surface area contributed by atoms with Crippen molar-refractivity contribution in [2.45, 2.75) is 205 Å². The van der Waals surface area contributed by atoms with Crippen molar-refractivity contribution in [3.05, 3.63) is 59.7 Å². The van der Waals surface area contributed by atoms with Crippen molar-refractivity contribution in [2.75, 3.05) is 20.8 Å². The van der Waals surface area contributed by atoms with Gasteiger partial charge in [-0.15, -0.1) is 0 Å². The maximum absolute atomic E-state index is 13.6. The number of hydrogen-bond donors (Lipinski definition) is 3. The van der Waals surface area contributed by atoms with Gasteiger partial charge in [-0.25, -0.2) is 0 Å². The third-order valence-electron chi connectivity index (χ3n) is 12.2. The van der Waals surface area contributed by atoms with Crippen LogP contribution in [0.1, 0.15) is 173 Å². The Hall–Kier alpha value is -3.67. The molecule has 6 atom stereocenters. The van der Waals surface area contributed by atoms with Gasteiger partial charge < -0.3 is 39.2 Å². The molecule has 0 radical (unpaired) electrons. The maximum atomic E-state index is 13.6. The van der Waals surface area contributed by atoms with Gasteiger partial charge in [-0.05, 0) is 86.8 Å². The second-order valence-corrected chi connectivity index (χ2v) is 17.3. The minimum Gasteiger partial charge on any atom is -0.497 e. The van der Waals surface area contributed by atoms with Crippen LogP contribution in [0.5, 0.6) is 11.5 Å². The summed E-state index contributed by atoms with van der Waals surface area (Å²) in [7, 11) is 3.33. The third kappa shape index (κ3) is 21.6. The van der Waals surface area contributed by atoms with Gasteiger partial charge in [0.2, 0.25) is 5.91 Å². The molecule has 1 aliphatic rings. The van der Waals surface area contributed by atoms with Gasteiger partial charge in [0.15, 0.2) is 6.29 Å². The van der Waals surface area contributed by atoms with Crippen LogP contribution in [-0.2, 0) is 41.4 Å². The summed E-state index contributed by atoms with van der Waals surface area (Å²) in [6.07, 6.45) is 19.1. The molecule has 2 aromatic rings. The van der Waals surface area contributed by atoms with Crippen LogP contribution in [0.4, 0.5) is 0 Å². The quantitative estimate of drug-likeness (QED) is 0.0458. The molecule has 1 unspecified atom stereocenters. The first-order valence-corrected chi connectivity index (χ1v) is 24.1. The van der Waals surface area contributed by atoms with E-state index < -0.39 is 48.4 Å². The smallest absolute Gasteiger partial charge is 0.306 e. The van der Waals surface area contributed by atoms with Crippen molar-refractivity contribution in [1.82, 2.24) is 5.32 Å². The molecule has 0 saturated carbocycles. The van der Waals surface area contributed by atoms with E-state index >= 15 is 0 Å². The van der Waals surface area contributed by atoms with E-state index in [1.165, 1.54) is 49.7 Å². The number of aliphatic hydroxyl groups excluding tert-OH is 2. The molecular formula is C51H81NO10. The molecule has 3 N–H and O–H groups in total. The Morgan fingerprint density at radius 1 is 0.661 bits per heavy atom. The second kappa shape index (κ2) is 32.1. The van der Waals surface area contributed by atoms with Crippen LogP contribution in [0.3, 0.4) is 0 Å². The number of aryl methyl sites for hydroxylation is 2. The molecule has 0 bridgehead atoms. The van der Waals surface area contributed by atoms with Crippen molar-refractivity contribution in [1.29, 1.82) is 0 Å². The van der Waals surface area contributed by atoms with Crippen LogP contribution in [0.2, 0.25) is 0 Å². The fraction of sp³-hybridized carbons (Fsp3) is 0.706. The maximum Gasteiger partial charge on any atom is 0.306 e. The van der Waals surface area contributed by atoms with E-state index in [0.717, 1.165) is 101 Å². The van der Waals surface area contributed by atoms with Gasteiger partial charge in [-0.2, -0.15) is 0 Å². The number of aliphatic hydroxyl groups is 2. The highest BCUT2D eigenvalue weighted by atomic mass is 16.6. The average molecular weight is 868 g/mol. The lowest BCUT2D eigenvalue weighted by Crippen LogP contribution is -2.62. The number of amides is 1.